The van der Waals surface area contributed by atoms with E-state index in [4.69, 9.17) is 16.3 Å². The van der Waals surface area contributed by atoms with Crippen LogP contribution < -0.4 is 5.32 Å². The summed E-state index contributed by atoms with van der Waals surface area (Å²) in [4.78, 5) is 19.2. The van der Waals surface area contributed by atoms with E-state index < -0.39 is 0 Å². The number of nitrogens with one attached hydrogen (secondary N) is 1. The van der Waals surface area contributed by atoms with Gasteiger partial charge in [0.2, 0.25) is 5.91 Å². The summed E-state index contributed by atoms with van der Waals surface area (Å²) in [5, 5.41) is 3.67. The summed E-state index contributed by atoms with van der Waals surface area (Å²) in [6, 6.07) is 16.1. The van der Waals surface area contributed by atoms with E-state index in [1.165, 1.54) is 17.3 Å². The smallest absolute Gasteiger partial charge is 0.230 e. The lowest BCUT2D eigenvalue weighted by Crippen LogP contribution is -2.47. The molecule has 3 aromatic rings. The molecule has 0 spiro atoms. The van der Waals surface area contributed by atoms with E-state index in [-0.39, 0.29) is 12.0 Å². The first kappa shape index (κ1) is 20.6. The normalized spacial score (nSPS) is 17.5. The van der Waals surface area contributed by atoms with Crippen LogP contribution in [0.1, 0.15) is 5.56 Å². The van der Waals surface area contributed by atoms with Crippen LogP contribution in [0.2, 0.25) is 5.02 Å². The van der Waals surface area contributed by atoms with Crippen LogP contribution in [0.25, 0.3) is 10.2 Å². The van der Waals surface area contributed by atoms with Crippen LogP contribution in [0.3, 0.4) is 0 Å². The Kier molecular flexibility index (Phi) is 7.05. The molecule has 1 atom stereocenters. The summed E-state index contributed by atoms with van der Waals surface area (Å²) in [7, 11) is 0. The number of rotatable bonds is 7. The lowest BCUT2D eigenvalue weighted by atomic mass is 10.2. The van der Waals surface area contributed by atoms with Gasteiger partial charge in [0.05, 0.1) is 28.7 Å². The van der Waals surface area contributed by atoms with E-state index in [2.05, 4.69) is 39.5 Å². The number of thiazole rings is 1. The van der Waals surface area contributed by atoms with Crippen LogP contribution in [0.4, 0.5) is 0 Å². The van der Waals surface area contributed by atoms with Crippen LogP contribution >= 0.6 is 34.7 Å². The molecule has 29 heavy (non-hydrogen) atoms. The Morgan fingerprint density at radius 2 is 2.17 bits per heavy atom. The third-order valence-corrected chi connectivity index (χ3v) is 7.07. The summed E-state index contributed by atoms with van der Waals surface area (Å²) < 4.78 is 7.77. The highest BCUT2D eigenvalue weighted by molar-refractivity contribution is 8.01. The largest absolute Gasteiger partial charge is 0.374 e. The molecule has 0 aliphatic carbocycles. The Hall–Kier alpha value is -1.64. The fraction of sp³-hybridized carbons (Fsp3) is 0.333. The molecule has 152 valence electrons. The summed E-state index contributed by atoms with van der Waals surface area (Å²) in [6.45, 7) is 3.86. The molecular weight excluding hydrogens is 426 g/mol. The lowest BCUT2D eigenvalue weighted by Gasteiger charge is -2.33. The molecule has 0 unspecified atom stereocenters. The molecule has 1 N–H and O–H groups in total. The minimum absolute atomic E-state index is 0.00364. The van der Waals surface area contributed by atoms with Crippen LogP contribution in [0.15, 0.2) is 52.9 Å². The van der Waals surface area contributed by atoms with Gasteiger partial charge in [-0.3, -0.25) is 9.69 Å². The maximum Gasteiger partial charge on any atom is 0.230 e. The molecule has 1 saturated heterocycles. The van der Waals surface area contributed by atoms with Gasteiger partial charge in [-0.25, -0.2) is 4.98 Å². The van der Waals surface area contributed by atoms with Crippen LogP contribution in [-0.4, -0.2) is 53.9 Å². The first-order valence-electron chi connectivity index (χ1n) is 9.49. The van der Waals surface area contributed by atoms with Crippen molar-refractivity contribution in [1.29, 1.82) is 0 Å². The monoisotopic (exact) mass is 447 g/mol. The number of benzene rings is 2. The Labute approximate surface area is 183 Å². The van der Waals surface area contributed by atoms with Crippen LogP contribution in [0, 0.1) is 0 Å². The highest BCUT2D eigenvalue weighted by Crippen LogP contribution is 2.30. The minimum atomic E-state index is -0.00364. The molecule has 1 amide bonds. The number of ether oxygens (including phenoxy) is 1. The minimum Gasteiger partial charge on any atom is -0.374 e. The van der Waals surface area contributed by atoms with Gasteiger partial charge in [-0.1, -0.05) is 53.7 Å². The number of halogens is 1. The van der Waals surface area contributed by atoms with Crippen molar-refractivity contribution in [1.82, 2.24) is 15.2 Å². The SMILES string of the molecule is O=C(CSc1nc2cc(Cl)ccc2s1)NC[C@@H]1CN(Cc2ccccc2)CCO1. The van der Waals surface area contributed by atoms with E-state index in [9.17, 15) is 4.79 Å². The molecule has 0 bridgehead atoms. The number of carbonyl (C=O) groups is 1. The summed E-state index contributed by atoms with van der Waals surface area (Å²) in [6.07, 6.45) is 0.0194. The average Bonchev–Trinajstić information content (AvgIpc) is 3.14. The molecule has 2 aromatic carbocycles. The van der Waals surface area contributed by atoms with Crippen molar-refractivity contribution in [3.05, 3.63) is 59.1 Å². The Bertz CT molecular complexity index is 967. The van der Waals surface area contributed by atoms with Crippen molar-refractivity contribution in [3.8, 4) is 0 Å². The van der Waals surface area contributed by atoms with Crippen molar-refractivity contribution >= 4 is 50.8 Å². The zero-order chi connectivity index (χ0) is 20.1. The van der Waals surface area contributed by atoms with Gasteiger partial charge in [-0.2, -0.15) is 0 Å². The molecule has 1 aliphatic heterocycles. The first-order chi connectivity index (χ1) is 14.2. The van der Waals surface area contributed by atoms with Crippen molar-refractivity contribution < 1.29 is 9.53 Å². The second-order valence-corrected chi connectivity index (χ2v) is 9.59. The average molecular weight is 448 g/mol. The molecule has 4 rings (SSSR count). The number of thioether (sulfide) groups is 1. The highest BCUT2D eigenvalue weighted by atomic mass is 35.5. The van der Waals surface area contributed by atoms with Crippen molar-refractivity contribution in [3.63, 3.8) is 0 Å². The zero-order valence-electron chi connectivity index (χ0n) is 15.8. The number of hydrogen-bond acceptors (Lipinski definition) is 6. The first-order valence-corrected chi connectivity index (χ1v) is 11.7. The van der Waals surface area contributed by atoms with Gasteiger partial charge in [0.15, 0.2) is 4.34 Å². The Balaban J connectivity index is 1.21. The maximum atomic E-state index is 12.3. The fourth-order valence-electron chi connectivity index (χ4n) is 3.24. The quantitative estimate of drug-likeness (QED) is 0.553. The predicted octanol–water partition coefficient (Wildman–Crippen LogP) is 4.06. The Morgan fingerprint density at radius 1 is 1.31 bits per heavy atom. The molecule has 1 fully saturated rings. The highest BCUT2D eigenvalue weighted by Gasteiger charge is 2.21. The topological polar surface area (TPSA) is 54.5 Å². The van der Waals surface area contributed by atoms with E-state index in [1.54, 1.807) is 11.3 Å². The third kappa shape index (κ3) is 5.93. The van der Waals surface area contributed by atoms with Crippen molar-refractivity contribution in [2.24, 2.45) is 0 Å². The van der Waals surface area contributed by atoms with Crippen molar-refractivity contribution in [2.45, 2.75) is 17.0 Å². The number of hydrogen-bond donors (Lipinski definition) is 1. The van der Waals surface area contributed by atoms with E-state index >= 15 is 0 Å². The molecule has 5 nitrogen and oxygen atoms in total. The van der Waals surface area contributed by atoms with E-state index in [0.29, 0.717) is 23.9 Å². The van der Waals surface area contributed by atoms with E-state index in [0.717, 1.165) is 34.2 Å². The number of fused-ring (bicyclic) bond motifs is 1. The molecule has 0 saturated carbocycles. The van der Waals surface area contributed by atoms with Gasteiger partial charge in [0, 0.05) is 31.2 Å². The molecule has 2 heterocycles. The number of nitrogens with zero attached hydrogens (tertiary/aromatic N) is 2. The molecule has 0 radical (unpaired) electrons. The lowest BCUT2D eigenvalue weighted by molar-refractivity contribution is -0.119. The fourth-order valence-corrected chi connectivity index (χ4v) is 5.28. The number of aromatic nitrogens is 1. The van der Waals surface area contributed by atoms with Crippen LogP contribution in [0.5, 0.6) is 0 Å². The van der Waals surface area contributed by atoms with Gasteiger partial charge in [-0.15, -0.1) is 11.3 Å². The summed E-state index contributed by atoms with van der Waals surface area (Å²) in [5.74, 6) is 0.338. The van der Waals surface area contributed by atoms with Gasteiger partial charge in [0.1, 0.15) is 0 Å². The second-order valence-electron chi connectivity index (χ2n) is 6.90. The standard InChI is InChI=1S/C21H22ClN3O2S2/c22-16-6-7-19-18(10-16)24-21(29-19)28-14-20(26)23-11-17-13-25(8-9-27-17)12-15-4-2-1-3-5-15/h1-7,10,17H,8-9,11-14H2,(H,23,26)/t17-/m1/s1. The van der Waals surface area contributed by atoms with Gasteiger partial charge < -0.3 is 10.1 Å². The van der Waals surface area contributed by atoms with E-state index in [1.807, 2.05) is 24.3 Å². The summed E-state index contributed by atoms with van der Waals surface area (Å²) >= 11 is 9.03. The maximum absolute atomic E-state index is 12.3. The predicted molar refractivity (Wildman–Crippen MR) is 120 cm³/mol. The Morgan fingerprint density at radius 3 is 3.03 bits per heavy atom. The number of carbonyl (C=O) groups excluding carboxylic acids is 1. The van der Waals surface area contributed by atoms with Crippen LogP contribution in [-0.2, 0) is 16.1 Å². The van der Waals surface area contributed by atoms with Gasteiger partial charge in [-0.05, 0) is 23.8 Å². The second kappa shape index (κ2) is 9.91. The molecular formula is C21H22ClN3O2S2. The third-order valence-electron chi connectivity index (χ3n) is 4.66. The number of amides is 1. The number of morpholine rings is 1. The summed E-state index contributed by atoms with van der Waals surface area (Å²) in [5.41, 5.74) is 2.17. The zero-order valence-corrected chi connectivity index (χ0v) is 18.2. The molecule has 1 aliphatic rings. The molecule has 1 aromatic heterocycles. The molecule has 8 heteroatoms. The van der Waals surface area contributed by atoms with Gasteiger partial charge >= 0.3 is 0 Å². The van der Waals surface area contributed by atoms with Crippen molar-refractivity contribution in [2.75, 3.05) is 32.0 Å². The van der Waals surface area contributed by atoms with Gasteiger partial charge in [0.25, 0.3) is 0 Å².